The molecule has 0 aromatic carbocycles. The van der Waals surface area contributed by atoms with E-state index >= 15 is 0 Å². The Balaban J connectivity index is 3.08. The standard InChI is InChI=1S/C7H6Se/c1-2-6-4-5-8-7(6)3-1/h2-5H,1H2. The first-order valence-corrected chi connectivity index (χ1v) is 4.55. The molecule has 1 aliphatic rings. The molecule has 40 valence electrons. The Morgan fingerprint density at radius 1 is 1.38 bits per heavy atom. The summed E-state index contributed by atoms with van der Waals surface area (Å²) in [6.07, 6.45) is 5.80. The zero-order valence-electron chi connectivity index (χ0n) is 4.42. The molecule has 0 saturated heterocycles. The van der Waals surface area contributed by atoms with Crippen molar-refractivity contribution in [1.29, 1.82) is 0 Å². The van der Waals surface area contributed by atoms with E-state index in [9.17, 15) is 0 Å². The van der Waals surface area contributed by atoms with Crippen molar-refractivity contribution in [2.75, 3.05) is 0 Å². The van der Waals surface area contributed by atoms with Crippen molar-refractivity contribution in [2.24, 2.45) is 0 Å². The van der Waals surface area contributed by atoms with Crippen molar-refractivity contribution >= 4 is 26.7 Å². The molecule has 0 saturated carbocycles. The van der Waals surface area contributed by atoms with Gasteiger partial charge in [0.15, 0.2) is 0 Å². The third-order valence-corrected chi connectivity index (χ3v) is 3.32. The quantitative estimate of drug-likeness (QED) is 0.468. The van der Waals surface area contributed by atoms with Gasteiger partial charge in [-0.2, -0.15) is 0 Å². The Bertz CT molecular complexity index is 264. The van der Waals surface area contributed by atoms with Crippen LogP contribution in [0.5, 0.6) is 0 Å². The molecular formula is C7H6Se. The van der Waals surface area contributed by atoms with E-state index in [0.717, 1.165) is 0 Å². The normalized spacial score (nSPS) is 14.5. The Hall–Kier alpha value is -0.261. The second kappa shape index (κ2) is 1.61. The molecule has 0 atom stereocenters. The molecule has 0 radical (unpaired) electrons. The fourth-order valence-electron chi connectivity index (χ4n) is 0.958. The van der Waals surface area contributed by atoms with Gasteiger partial charge in [-0.3, -0.25) is 0 Å². The first kappa shape index (κ1) is 4.60. The number of rotatable bonds is 0. The molecule has 8 heavy (non-hydrogen) atoms. The van der Waals surface area contributed by atoms with Gasteiger partial charge in [-0.15, -0.1) is 0 Å². The summed E-state index contributed by atoms with van der Waals surface area (Å²) >= 11 is 0.683. The molecule has 0 N–H and O–H groups in total. The molecule has 1 aliphatic carbocycles. The summed E-state index contributed by atoms with van der Waals surface area (Å²) in [5.41, 5.74) is 0. The summed E-state index contributed by atoms with van der Waals surface area (Å²) in [5.74, 6) is 0. The van der Waals surface area contributed by atoms with Gasteiger partial charge in [-0.1, -0.05) is 0 Å². The van der Waals surface area contributed by atoms with E-state index in [4.69, 9.17) is 0 Å². The van der Waals surface area contributed by atoms with E-state index in [1.54, 1.807) is 4.09 Å². The van der Waals surface area contributed by atoms with Gasteiger partial charge in [-0.05, 0) is 0 Å². The topological polar surface area (TPSA) is 0 Å². The maximum atomic E-state index is 2.33. The van der Waals surface area contributed by atoms with E-state index in [0.29, 0.717) is 14.5 Å². The van der Waals surface area contributed by atoms with E-state index in [1.165, 1.54) is 11.6 Å². The van der Waals surface area contributed by atoms with Crippen LogP contribution in [0, 0.1) is 0 Å². The third-order valence-electron chi connectivity index (χ3n) is 1.37. The molecule has 0 fully saturated rings. The summed E-state index contributed by atoms with van der Waals surface area (Å²) in [7, 11) is 0. The minimum absolute atomic E-state index is 0.683. The molecule has 0 amide bonds. The van der Waals surface area contributed by atoms with Crippen LogP contribution in [0.2, 0.25) is 0 Å². The van der Waals surface area contributed by atoms with Gasteiger partial charge < -0.3 is 0 Å². The predicted octanol–water partition coefficient (Wildman–Crippen LogP) is -0.292. The molecule has 0 spiro atoms. The van der Waals surface area contributed by atoms with Gasteiger partial charge >= 0.3 is 53.4 Å². The first-order chi connectivity index (χ1) is 3.97. The Labute approximate surface area is 53.9 Å². The fourth-order valence-corrected chi connectivity index (χ4v) is 2.72. The molecule has 0 nitrogen and oxygen atoms in total. The van der Waals surface area contributed by atoms with Crippen LogP contribution in [0.25, 0.3) is 12.2 Å². The average Bonchev–Trinajstić information content (AvgIpc) is 2.15. The first-order valence-electron chi connectivity index (χ1n) is 2.71. The fraction of sp³-hybridized carbons (Fsp3) is 0.143. The van der Waals surface area contributed by atoms with Crippen molar-refractivity contribution in [3.63, 3.8) is 0 Å². The third kappa shape index (κ3) is 0.520. The maximum absolute atomic E-state index is 2.33. The molecule has 1 aromatic rings. The minimum atomic E-state index is 0.683. The average molecular weight is 169 g/mol. The Morgan fingerprint density at radius 3 is 3.25 bits per heavy atom. The van der Waals surface area contributed by atoms with Crippen LogP contribution in [-0.4, -0.2) is 14.5 Å². The van der Waals surface area contributed by atoms with Crippen LogP contribution in [0.1, 0.15) is 6.42 Å². The van der Waals surface area contributed by atoms with Crippen LogP contribution in [0.3, 0.4) is 0 Å². The number of fused-ring (bicyclic) bond motifs is 1. The van der Waals surface area contributed by atoms with Gasteiger partial charge in [0.25, 0.3) is 0 Å². The SMILES string of the molecule is C1=c2cc[se]c2=CC1. The molecule has 1 heterocycles. The molecule has 0 unspecified atom stereocenters. The summed E-state index contributed by atoms with van der Waals surface area (Å²) in [6, 6.07) is 2.23. The van der Waals surface area contributed by atoms with Crippen LogP contribution < -0.4 is 9.31 Å². The van der Waals surface area contributed by atoms with E-state index in [1.807, 2.05) is 0 Å². The monoisotopic (exact) mass is 170 g/mol. The second-order valence-electron chi connectivity index (χ2n) is 1.88. The molecule has 2 rings (SSSR count). The summed E-state index contributed by atoms with van der Waals surface area (Å²) in [6.45, 7) is 0. The van der Waals surface area contributed by atoms with Crippen LogP contribution in [0.4, 0.5) is 0 Å². The second-order valence-corrected chi connectivity index (χ2v) is 3.87. The predicted molar refractivity (Wildman–Crippen MR) is 36.2 cm³/mol. The zero-order chi connectivity index (χ0) is 5.40. The molecule has 0 aliphatic heterocycles. The zero-order valence-corrected chi connectivity index (χ0v) is 6.14. The van der Waals surface area contributed by atoms with Crippen molar-refractivity contribution in [1.82, 2.24) is 0 Å². The van der Waals surface area contributed by atoms with E-state index < -0.39 is 0 Å². The van der Waals surface area contributed by atoms with Crippen LogP contribution >= 0.6 is 0 Å². The molecule has 0 bridgehead atoms. The Morgan fingerprint density at radius 2 is 2.38 bits per heavy atom. The van der Waals surface area contributed by atoms with Crippen LogP contribution in [0.15, 0.2) is 11.0 Å². The van der Waals surface area contributed by atoms with Crippen molar-refractivity contribution in [3.05, 3.63) is 20.3 Å². The van der Waals surface area contributed by atoms with Crippen molar-refractivity contribution < 1.29 is 0 Å². The van der Waals surface area contributed by atoms with Gasteiger partial charge in [0, 0.05) is 0 Å². The van der Waals surface area contributed by atoms with E-state index in [2.05, 4.69) is 23.2 Å². The molecule has 1 heteroatoms. The van der Waals surface area contributed by atoms with E-state index in [-0.39, 0.29) is 0 Å². The Kier molecular flexibility index (Phi) is 0.927. The van der Waals surface area contributed by atoms with Gasteiger partial charge in [0.1, 0.15) is 0 Å². The van der Waals surface area contributed by atoms with Gasteiger partial charge in [0.2, 0.25) is 0 Å². The van der Waals surface area contributed by atoms with Crippen molar-refractivity contribution in [2.45, 2.75) is 6.42 Å². The summed E-state index contributed by atoms with van der Waals surface area (Å²) in [4.78, 5) is 2.28. The summed E-state index contributed by atoms with van der Waals surface area (Å²) in [5, 5.41) is 1.49. The van der Waals surface area contributed by atoms with Gasteiger partial charge in [-0.25, -0.2) is 0 Å². The molecular weight excluding hydrogens is 163 g/mol. The number of hydrogen-bond acceptors (Lipinski definition) is 0. The van der Waals surface area contributed by atoms with Crippen LogP contribution in [-0.2, 0) is 0 Å². The molecule has 1 aromatic heterocycles. The van der Waals surface area contributed by atoms with Crippen molar-refractivity contribution in [3.8, 4) is 0 Å². The number of hydrogen-bond donors (Lipinski definition) is 0. The van der Waals surface area contributed by atoms with Gasteiger partial charge in [0.05, 0.1) is 0 Å². The summed E-state index contributed by atoms with van der Waals surface area (Å²) < 4.78 is 1.59.